The van der Waals surface area contributed by atoms with Gasteiger partial charge in [-0.25, -0.2) is 0 Å². The van der Waals surface area contributed by atoms with Crippen LogP contribution in [-0.2, 0) is 5.54 Å². The first-order valence-electron chi connectivity index (χ1n) is 6.46. The van der Waals surface area contributed by atoms with E-state index in [1.807, 2.05) is 6.92 Å². The summed E-state index contributed by atoms with van der Waals surface area (Å²) in [6, 6.07) is 6.38. The van der Waals surface area contributed by atoms with Crippen molar-refractivity contribution in [2.45, 2.75) is 32.2 Å². The summed E-state index contributed by atoms with van der Waals surface area (Å²) < 4.78 is 11.2. The van der Waals surface area contributed by atoms with Crippen molar-refractivity contribution >= 4 is 11.0 Å². The largest absolute Gasteiger partial charge is 0.493 e. The van der Waals surface area contributed by atoms with Gasteiger partial charge >= 0.3 is 0 Å². The smallest absolute Gasteiger partial charge is 0.176 e. The van der Waals surface area contributed by atoms with Gasteiger partial charge in [-0.05, 0) is 57.0 Å². The van der Waals surface area contributed by atoms with E-state index < -0.39 is 0 Å². The minimum atomic E-state index is 0.0621. The van der Waals surface area contributed by atoms with Gasteiger partial charge < -0.3 is 14.5 Å². The van der Waals surface area contributed by atoms with Crippen LogP contribution in [0.3, 0.4) is 0 Å². The number of methoxy groups -OCH3 is 1. The van der Waals surface area contributed by atoms with E-state index in [9.17, 15) is 0 Å². The van der Waals surface area contributed by atoms with Crippen molar-refractivity contribution in [3.63, 3.8) is 0 Å². The zero-order valence-electron chi connectivity index (χ0n) is 11.2. The Hall–Kier alpha value is -1.48. The maximum atomic E-state index is 5.70. The maximum absolute atomic E-state index is 5.70. The monoisotopic (exact) mass is 245 g/mol. The predicted molar refractivity (Wildman–Crippen MR) is 72.1 cm³/mol. The molecule has 1 aromatic carbocycles. The molecule has 1 fully saturated rings. The molecule has 1 saturated heterocycles. The van der Waals surface area contributed by atoms with Crippen molar-refractivity contribution in [2.24, 2.45) is 0 Å². The van der Waals surface area contributed by atoms with Gasteiger partial charge in [0.2, 0.25) is 0 Å². The number of benzene rings is 1. The third-order valence-corrected chi connectivity index (χ3v) is 3.93. The van der Waals surface area contributed by atoms with Gasteiger partial charge in [0, 0.05) is 10.9 Å². The second kappa shape index (κ2) is 4.02. The SMILES string of the molecule is COc1cc(C2(C)CCCN2)cc2cc(C)oc12. The van der Waals surface area contributed by atoms with Crippen LogP contribution in [0.2, 0.25) is 0 Å². The Bertz CT molecular complexity index is 579. The van der Waals surface area contributed by atoms with Gasteiger partial charge in [-0.2, -0.15) is 0 Å². The van der Waals surface area contributed by atoms with Gasteiger partial charge in [0.1, 0.15) is 5.76 Å². The molecule has 1 aliphatic rings. The van der Waals surface area contributed by atoms with Crippen LogP contribution < -0.4 is 10.1 Å². The van der Waals surface area contributed by atoms with Crippen LogP contribution in [0.1, 0.15) is 31.1 Å². The average Bonchev–Trinajstić information content (AvgIpc) is 2.93. The summed E-state index contributed by atoms with van der Waals surface area (Å²) in [5, 5.41) is 4.71. The highest BCUT2D eigenvalue weighted by Gasteiger charge is 2.31. The Labute approximate surface area is 107 Å². The highest BCUT2D eigenvalue weighted by atomic mass is 16.5. The minimum Gasteiger partial charge on any atom is -0.493 e. The zero-order valence-corrected chi connectivity index (χ0v) is 11.2. The van der Waals surface area contributed by atoms with Gasteiger partial charge in [-0.1, -0.05) is 0 Å². The fourth-order valence-corrected chi connectivity index (χ4v) is 2.86. The molecule has 0 aliphatic carbocycles. The number of hydrogen-bond acceptors (Lipinski definition) is 3. The van der Waals surface area contributed by atoms with Crippen LogP contribution >= 0.6 is 0 Å². The first-order chi connectivity index (χ1) is 8.62. The molecule has 3 rings (SSSR count). The van der Waals surface area contributed by atoms with E-state index in [0.717, 1.165) is 29.0 Å². The summed E-state index contributed by atoms with van der Waals surface area (Å²) >= 11 is 0. The van der Waals surface area contributed by atoms with Gasteiger partial charge in [0.25, 0.3) is 0 Å². The number of aryl methyl sites for hydroxylation is 1. The molecule has 2 aromatic rings. The standard InChI is InChI=1S/C15H19NO2/c1-10-7-11-8-12(15(2)5-4-6-16-15)9-13(17-3)14(11)18-10/h7-9,16H,4-6H2,1-3H3. The van der Waals surface area contributed by atoms with Crippen molar-refractivity contribution in [1.82, 2.24) is 5.32 Å². The average molecular weight is 245 g/mol. The van der Waals surface area contributed by atoms with Crippen LogP contribution in [0, 0.1) is 6.92 Å². The Morgan fingerprint density at radius 2 is 2.17 bits per heavy atom. The third-order valence-electron chi connectivity index (χ3n) is 3.93. The topological polar surface area (TPSA) is 34.4 Å². The van der Waals surface area contributed by atoms with E-state index >= 15 is 0 Å². The lowest BCUT2D eigenvalue weighted by atomic mass is 9.89. The molecule has 0 bridgehead atoms. The van der Waals surface area contributed by atoms with E-state index in [4.69, 9.17) is 9.15 Å². The molecule has 1 N–H and O–H groups in total. The van der Waals surface area contributed by atoms with E-state index in [1.165, 1.54) is 18.4 Å². The summed E-state index contributed by atoms with van der Waals surface area (Å²) in [7, 11) is 1.70. The molecule has 1 unspecified atom stereocenters. The summed E-state index contributed by atoms with van der Waals surface area (Å²) in [5.74, 6) is 1.75. The number of nitrogens with one attached hydrogen (secondary N) is 1. The Kier molecular flexibility index (Phi) is 2.59. The summed E-state index contributed by atoms with van der Waals surface area (Å²) in [4.78, 5) is 0. The molecule has 96 valence electrons. The van der Waals surface area contributed by atoms with Crippen molar-refractivity contribution in [3.05, 3.63) is 29.5 Å². The molecule has 18 heavy (non-hydrogen) atoms. The highest BCUT2D eigenvalue weighted by molar-refractivity contribution is 5.85. The summed E-state index contributed by atoms with van der Waals surface area (Å²) in [6.45, 7) is 5.31. The van der Waals surface area contributed by atoms with Crippen molar-refractivity contribution < 1.29 is 9.15 Å². The first-order valence-corrected chi connectivity index (χ1v) is 6.46. The molecular weight excluding hydrogens is 226 g/mol. The van der Waals surface area contributed by atoms with E-state index in [1.54, 1.807) is 7.11 Å². The molecular formula is C15H19NO2. The minimum absolute atomic E-state index is 0.0621. The second-order valence-electron chi connectivity index (χ2n) is 5.32. The molecule has 2 heterocycles. The molecule has 3 heteroatoms. The fourth-order valence-electron chi connectivity index (χ4n) is 2.86. The Balaban J connectivity index is 2.18. The Morgan fingerprint density at radius 1 is 1.33 bits per heavy atom. The molecule has 0 spiro atoms. The molecule has 0 radical (unpaired) electrons. The number of hydrogen-bond donors (Lipinski definition) is 1. The number of rotatable bonds is 2. The molecule has 1 atom stereocenters. The lowest BCUT2D eigenvalue weighted by Gasteiger charge is -2.25. The van der Waals surface area contributed by atoms with Crippen LogP contribution in [0.5, 0.6) is 5.75 Å². The lowest BCUT2D eigenvalue weighted by Crippen LogP contribution is -2.33. The number of ether oxygens (including phenoxy) is 1. The van der Waals surface area contributed by atoms with Gasteiger partial charge in [-0.3, -0.25) is 0 Å². The quantitative estimate of drug-likeness (QED) is 0.881. The van der Waals surface area contributed by atoms with Gasteiger partial charge in [0.15, 0.2) is 11.3 Å². The summed E-state index contributed by atoms with van der Waals surface area (Å²) in [6.07, 6.45) is 2.39. The van der Waals surface area contributed by atoms with Crippen LogP contribution in [0.15, 0.2) is 22.6 Å². The van der Waals surface area contributed by atoms with E-state index in [0.29, 0.717) is 0 Å². The highest BCUT2D eigenvalue weighted by Crippen LogP contribution is 2.37. The molecule has 1 aliphatic heterocycles. The molecule has 3 nitrogen and oxygen atoms in total. The first kappa shape index (κ1) is 11.6. The van der Waals surface area contributed by atoms with E-state index in [2.05, 4.69) is 30.4 Å². The molecule has 1 aromatic heterocycles. The van der Waals surface area contributed by atoms with E-state index in [-0.39, 0.29) is 5.54 Å². The lowest BCUT2D eigenvalue weighted by molar-refractivity contribution is 0.400. The molecule has 0 saturated carbocycles. The zero-order chi connectivity index (χ0) is 12.8. The maximum Gasteiger partial charge on any atom is 0.176 e. The van der Waals surface area contributed by atoms with Crippen molar-refractivity contribution in [2.75, 3.05) is 13.7 Å². The van der Waals surface area contributed by atoms with Crippen LogP contribution in [0.4, 0.5) is 0 Å². The Morgan fingerprint density at radius 3 is 2.83 bits per heavy atom. The van der Waals surface area contributed by atoms with Crippen LogP contribution in [-0.4, -0.2) is 13.7 Å². The number of furan rings is 1. The fraction of sp³-hybridized carbons (Fsp3) is 0.467. The second-order valence-corrected chi connectivity index (χ2v) is 5.32. The normalized spacial score (nSPS) is 23.7. The summed E-state index contributed by atoms with van der Waals surface area (Å²) in [5.41, 5.74) is 2.19. The molecule has 0 amide bonds. The number of fused-ring (bicyclic) bond motifs is 1. The van der Waals surface area contributed by atoms with Crippen molar-refractivity contribution in [1.29, 1.82) is 0 Å². The van der Waals surface area contributed by atoms with Gasteiger partial charge in [-0.15, -0.1) is 0 Å². The van der Waals surface area contributed by atoms with Crippen LogP contribution in [0.25, 0.3) is 11.0 Å². The van der Waals surface area contributed by atoms with Crippen molar-refractivity contribution in [3.8, 4) is 5.75 Å². The van der Waals surface area contributed by atoms with Gasteiger partial charge in [0.05, 0.1) is 7.11 Å². The third kappa shape index (κ3) is 1.70. The predicted octanol–water partition coefficient (Wildman–Crippen LogP) is 3.35.